The molecule has 30 heavy (non-hydrogen) atoms. The first-order chi connectivity index (χ1) is 14.5. The van der Waals surface area contributed by atoms with Crippen molar-refractivity contribution in [3.63, 3.8) is 0 Å². The van der Waals surface area contributed by atoms with E-state index >= 15 is 0 Å². The van der Waals surface area contributed by atoms with Crippen molar-refractivity contribution >= 4 is 29.2 Å². The molecule has 1 aromatic heterocycles. The Morgan fingerprint density at radius 3 is 2.37 bits per heavy atom. The number of hydrogen-bond donors (Lipinski definition) is 2. The Kier molecular flexibility index (Phi) is 4.69. The van der Waals surface area contributed by atoms with Gasteiger partial charge in [-0.3, -0.25) is 9.59 Å². The molecule has 2 amide bonds. The molecule has 2 aliphatic heterocycles. The van der Waals surface area contributed by atoms with Crippen molar-refractivity contribution < 1.29 is 9.59 Å². The number of rotatable bonds is 5. The van der Waals surface area contributed by atoms with Crippen LogP contribution in [0.3, 0.4) is 0 Å². The molecule has 1 unspecified atom stereocenters. The van der Waals surface area contributed by atoms with Gasteiger partial charge in [0.25, 0.3) is 5.91 Å². The summed E-state index contributed by atoms with van der Waals surface area (Å²) in [5.74, 6) is 0.354. The zero-order valence-electron chi connectivity index (χ0n) is 16.7. The molecule has 0 spiro atoms. The summed E-state index contributed by atoms with van der Waals surface area (Å²) < 4.78 is 0. The van der Waals surface area contributed by atoms with Crippen LogP contribution in [0.1, 0.15) is 54.4 Å². The first-order valence-corrected chi connectivity index (χ1v) is 11.0. The lowest BCUT2D eigenvalue weighted by molar-refractivity contribution is -0.124. The van der Waals surface area contributed by atoms with Gasteiger partial charge in [-0.15, -0.1) is 0 Å². The summed E-state index contributed by atoms with van der Waals surface area (Å²) in [6.07, 6.45) is 7.24. The van der Waals surface area contributed by atoms with Crippen LogP contribution < -0.4 is 16.0 Å². The second-order valence-corrected chi connectivity index (χ2v) is 9.20. The molecule has 1 saturated carbocycles. The van der Waals surface area contributed by atoms with Crippen molar-refractivity contribution in [3.8, 4) is 0 Å². The lowest BCUT2D eigenvalue weighted by Gasteiger charge is -2.41. The topological polar surface area (TPSA) is 88.3 Å². The van der Waals surface area contributed by atoms with Crippen LogP contribution in [-0.4, -0.2) is 34.9 Å². The van der Waals surface area contributed by atoms with E-state index in [2.05, 4.69) is 15.2 Å². The van der Waals surface area contributed by atoms with Gasteiger partial charge in [-0.1, -0.05) is 23.7 Å². The number of nitrogens with one attached hydrogen (secondary N) is 1. The van der Waals surface area contributed by atoms with Gasteiger partial charge in [-0.25, -0.2) is 4.98 Å². The highest BCUT2D eigenvalue weighted by molar-refractivity contribution is 6.30. The fraction of sp³-hybridized carbons (Fsp3) is 0.435. The molecule has 3 atom stereocenters. The lowest BCUT2D eigenvalue weighted by Crippen LogP contribution is -2.52. The maximum atomic E-state index is 13.2. The first kappa shape index (κ1) is 19.4. The van der Waals surface area contributed by atoms with Crippen molar-refractivity contribution in [2.45, 2.75) is 62.1 Å². The molecule has 2 bridgehead atoms. The van der Waals surface area contributed by atoms with Gasteiger partial charge in [0.2, 0.25) is 5.91 Å². The molecule has 2 saturated heterocycles. The van der Waals surface area contributed by atoms with Crippen LogP contribution >= 0.6 is 11.6 Å². The second-order valence-electron chi connectivity index (χ2n) is 8.76. The first-order valence-electron chi connectivity index (χ1n) is 10.6. The number of nitrogens with zero attached hydrogens (tertiary/aromatic N) is 2. The quantitative estimate of drug-likeness (QED) is 0.771. The molecule has 2 aromatic rings. The molecule has 0 radical (unpaired) electrons. The fourth-order valence-electron chi connectivity index (χ4n) is 5.30. The molecular weight excluding hydrogens is 400 g/mol. The molecule has 156 valence electrons. The van der Waals surface area contributed by atoms with E-state index in [-0.39, 0.29) is 24.0 Å². The highest BCUT2D eigenvalue weighted by Gasteiger charge is 2.52. The minimum absolute atomic E-state index is 0.123. The average molecular weight is 425 g/mol. The summed E-state index contributed by atoms with van der Waals surface area (Å²) in [6, 6.07) is 11.8. The molecule has 3 heterocycles. The van der Waals surface area contributed by atoms with Gasteiger partial charge in [0.05, 0.1) is 11.0 Å². The number of carbonyl (C=O) groups excluding carboxylic acids is 2. The van der Waals surface area contributed by atoms with Crippen LogP contribution in [0.15, 0.2) is 42.6 Å². The number of halogens is 1. The number of amides is 2. The number of primary amides is 1. The molecule has 6 nitrogen and oxygen atoms in total. The standard InChI is InChI=1S/C23H25ClN4O2/c24-15-5-3-14(4-6-15)23(9-10-23)22(30)27-16-12-17-7-8-18(13-16)28(17)21-19(20(25)29)2-1-11-26-21/h1-6,11,16-18H,7-10,12-13H2,(H2,25,29)(H,27,30)/t16?,17-,18+. The Bertz CT molecular complexity index is 975. The van der Waals surface area contributed by atoms with Crippen LogP contribution in [0, 0.1) is 0 Å². The van der Waals surface area contributed by atoms with Gasteiger partial charge in [-0.05, 0) is 68.4 Å². The van der Waals surface area contributed by atoms with E-state index in [0.29, 0.717) is 16.4 Å². The highest BCUT2D eigenvalue weighted by atomic mass is 35.5. The van der Waals surface area contributed by atoms with Gasteiger partial charge in [0.15, 0.2) is 0 Å². The zero-order chi connectivity index (χ0) is 20.9. The predicted octanol–water partition coefficient (Wildman–Crippen LogP) is 3.18. The van der Waals surface area contributed by atoms with Crippen molar-refractivity contribution in [3.05, 3.63) is 58.7 Å². The van der Waals surface area contributed by atoms with E-state index in [1.165, 1.54) is 0 Å². The molecule has 3 fully saturated rings. The largest absolute Gasteiger partial charge is 0.365 e. The van der Waals surface area contributed by atoms with Gasteiger partial charge in [-0.2, -0.15) is 0 Å². The molecule has 3 aliphatic rings. The number of pyridine rings is 1. The van der Waals surface area contributed by atoms with E-state index < -0.39 is 11.3 Å². The van der Waals surface area contributed by atoms with E-state index in [0.717, 1.165) is 44.1 Å². The molecule has 7 heteroatoms. The number of fused-ring (bicyclic) bond motifs is 2. The number of hydrogen-bond acceptors (Lipinski definition) is 4. The summed E-state index contributed by atoms with van der Waals surface area (Å²) in [5.41, 5.74) is 6.69. The van der Waals surface area contributed by atoms with Crippen molar-refractivity contribution in [1.82, 2.24) is 10.3 Å². The fourth-order valence-corrected chi connectivity index (χ4v) is 5.43. The molecule has 5 rings (SSSR count). The number of anilines is 1. The SMILES string of the molecule is NC(=O)c1cccnc1N1[C@@H]2CC[C@H]1CC(NC(=O)C1(c3ccc(Cl)cc3)CC1)C2. The third-order valence-corrected chi connectivity index (χ3v) is 7.20. The normalized spacial score (nSPS) is 26.3. The average Bonchev–Trinajstić information content (AvgIpc) is 3.50. The molecule has 3 N–H and O–H groups in total. The number of benzene rings is 1. The Morgan fingerprint density at radius 1 is 1.10 bits per heavy atom. The summed E-state index contributed by atoms with van der Waals surface area (Å²) in [5, 5.41) is 4.02. The van der Waals surface area contributed by atoms with Crippen molar-refractivity contribution in [2.24, 2.45) is 5.73 Å². The number of aromatic nitrogens is 1. The van der Waals surface area contributed by atoms with Gasteiger partial charge in [0.1, 0.15) is 5.82 Å². The zero-order valence-corrected chi connectivity index (χ0v) is 17.4. The van der Waals surface area contributed by atoms with Crippen LogP contribution in [-0.2, 0) is 10.2 Å². The van der Waals surface area contributed by atoms with Gasteiger partial charge in [0, 0.05) is 29.3 Å². The summed E-state index contributed by atoms with van der Waals surface area (Å²) in [6.45, 7) is 0. The van der Waals surface area contributed by atoms with E-state index in [9.17, 15) is 9.59 Å². The van der Waals surface area contributed by atoms with Crippen LogP contribution in [0.25, 0.3) is 0 Å². The minimum atomic E-state index is -0.452. The van der Waals surface area contributed by atoms with Gasteiger partial charge >= 0.3 is 0 Å². The third kappa shape index (κ3) is 3.23. The Hall–Kier alpha value is -2.60. The Labute approximate surface area is 180 Å². The maximum Gasteiger partial charge on any atom is 0.252 e. The Balaban J connectivity index is 1.31. The third-order valence-electron chi connectivity index (χ3n) is 6.95. The second kappa shape index (κ2) is 7.27. The molecular formula is C23H25ClN4O2. The summed E-state index contributed by atoms with van der Waals surface area (Å²) >= 11 is 6.01. The van der Waals surface area contributed by atoms with Gasteiger partial charge < -0.3 is 16.0 Å². The van der Waals surface area contributed by atoms with E-state index in [1.54, 1.807) is 18.3 Å². The van der Waals surface area contributed by atoms with E-state index in [1.807, 2.05) is 24.3 Å². The van der Waals surface area contributed by atoms with E-state index in [4.69, 9.17) is 17.3 Å². The monoisotopic (exact) mass is 424 g/mol. The van der Waals surface area contributed by atoms with Crippen molar-refractivity contribution in [2.75, 3.05) is 4.90 Å². The van der Waals surface area contributed by atoms with Crippen LogP contribution in [0.2, 0.25) is 5.02 Å². The molecule has 1 aliphatic carbocycles. The smallest absolute Gasteiger partial charge is 0.252 e. The predicted molar refractivity (Wildman–Crippen MR) is 116 cm³/mol. The highest BCUT2D eigenvalue weighted by Crippen LogP contribution is 2.49. The lowest BCUT2D eigenvalue weighted by atomic mass is 9.92. The van der Waals surface area contributed by atoms with Crippen LogP contribution in [0.5, 0.6) is 0 Å². The molecule has 1 aromatic carbocycles. The Morgan fingerprint density at radius 2 is 1.77 bits per heavy atom. The minimum Gasteiger partial charge on any atom is -0.365 e. The maximum absolute atomic E-state index is 13.2. The number of carbonyl (C=O) groups is 2. The van der Waals surface area contributed by atoms with Crippen molar-refractivity contribution in [1.29, 1.82) is 0 Å². The number of nitrogens with two attached hydrogens (primary N) is 1. The van der Waals surface area contributed by atoms with Crippen LogP contribution in [0.4, 0.5) is 5.82 Å². The number of piperidine rings is 1. The summed E-state index contributed by atoms with van der Waals surface area (Å²) in [7, 11) is 0. The summed E-state index contributed by atoms with van der Waals surface area (Å²) in [4.78, 5) is 31.8.